The van der Waals surface area contributed by atoms with Crippen LogP contribution in [-0.4, -0.2) is 79.1 Å². The number of amides is 1. The number of morpholine rings is 1. The molecule has 8 nitrogen and oxygen atoms in total. The van der Waals surface area contributed by atoms with Crippen molar-refractivity contribution in [2.75, 3.05) is 46.5 Å². The number of ether oxygens (including phenoxy) is 2. The Labute approximate surface area is 198 Å². The molecule has 1 amide bonds. The maximum Gasteiger partial charge on any atom is 0.337 e. The van der Waals surface area contributed by atoms with Crippen molar-refractivity contribution in [1.82, 2.24) is 9.80 Å². The molecular formula is C26H28N2O6. The molecule has 0 aliphatic carbocycles. The van der Waals surface area contributed by atoms with E-state index in [1.807, 2.05) is 19.1 Å². The Morgan fingerprint density at radius 3 is 2.24 bits per heavy atom. The Bertz CT molecular complexity index is 1100. The topological polar surface area (TPSA) is 96.4 Å². The van der Waals surface area contributed by atoms with Gasteiger partial charge in [-0.25, -0.2) is 4.79 Å². The smallest absolute Gasteiger partial charge is 0.337 e. The lowest BCUT2D eigenvalue weighted by molar-refractivity contribution is -0.140. The summed E-state index contributed by atoms with van der Waals surface area (Å²) in [5, 5.41) is 11.1. The summed E-state index contributed by atoms with van der Waals surface area (Å²) in [5.74, 6) is -2.06. The summed E-state index contributed by atoms with van der Waals surface area (Å²) in [5.41, 5.74) is 2.50. The molecule has 34 heavy (non-hydrogen) atoms. The van der Waals surface area contributed by atoms with Gasteiger partial charge in [-0.05, 0) is 24.6 Å². The van der Waals surface area contributed by atoms with Gasteiger partial charge in [-0.15, -0.1) is 0 Å². The largest absolute Gasteiger partial charge is 0.507 e. The van der Waals surface area contributed by atoms with Gasteiger partial charge in [-0.1, -0.05) is 42.0 Å². The number of likely N-dealkylation sites (tertiary alicyclic amines) is 1. The molecule has 2 saturated heterocycles. The molecule has 2 fully saturated rings. The molecule has 4 rings (SSSR count). The van der Waals surface area contributed by atoms with Crippen LogP contribution in [0.15, 0.2) is 54.1 Å². The summed E-state index contributed by atoms with van der Waals surface area (Å²) in [7, 11) is 1.30. The van der Waals surface area contributed by atoms with Crippen molar-refractivity contribution >= 4 is 23.4 Å². The summed E-state index contributed by atoms with van der Waals surface area (Å²) in [6.07, 6.45) is 0. The van der Waals surface area contributed by atoms with Gasteiger partial charge in [0.05, 0.1) is 37.5 Å². The maximum atomic E-state index is 13.1. The minimum Gasteiger partial charge on any atom is -0.507 e. The second kappa shape index (κ2) is 10.2. The minimum atomic E-state index is -0.769. The lowest BCUT2D eigenvalue weighted by atomic mass is 9.94. The van der Waals surface area contributed by atoms with Crippen LogP contribution >= 0.6 is 0 Å². The number of Topliss-reactive ketones (excluding diaryl/α,β-unsaturated/α-hetero) is 1. The lowest BCUT2D eigenvalue weighted by Gasteiger charge is -2.31. The molecular weight excluding hydrogens is 436 g/mol. The number of esters is 1. The lowest BCUT2D eigenvalue weighted by Crippen LogP contribution is -2.42. The Morgan fingerprint density at radius 1 is 1.00 bits per heavy atom. The quantitative estimate of drug-likeness (QED) is 0.304. The number of aliphatic hydroxyl groups excluding tert-OH is 1. The van der Waals surface area contributed by atoms with Gasteiger partial charge in [0, 0.05) is 31.7 Å². The van der Waals surface area contributed by atoms with Crippen molar-refractivity contribution in [2.24, 2.45) is 0 Å². The van der Waals surface area contributed by atoms with Crippen LogP contribution in [0.5, 0.6) is 0 Å². The van der Waals surface area contributed by atoms with Gasteiger partial charge < -0.3 is 19.5 Å². The van der Waals surface area contributed by atoms with E-state index >= 15 is 0 Å². The highest BCUT2D eigenvalue weighted by atomic mass is 16.5. The number of hydrogen-bond donors (Lipinski definition) is 1. The van der Waals surface area contributed by atoms with Gasteiger partial charge in [-0.2, -0.15) is 0 Å². The van der Waals surface area contributed by atoms with E-state index in [2.05, 4.69) is 4.90 Å². The third-order valence-electron chi connectivity index (χ3n) is 6.27. The first-order valence-electron chi connectivity index (χ1n) is 11.2. The third-order valence-corrected chi connectivity index (χ3v) is 6.27. The number of methoxy groups -OCH3 is 1. The Kier molecular flexibility index (Phi) is 7.09. The summed E-state index contributed by atoms with van der Waals surface area (Å²) >= 11 is 0. The number of rotatable bonds is 6. The van der Waals surface area contributed by atoms with E-state index in [1.165, 1.54) is 12.0 Å². The number of ketones is 1. The number of carbonyl (C=O) groups excluding carboxylic acids is 3. The summed E-state index contributed by atoms with van der Waals surface area (Å²) < 4.78 is 10.2. The molecule has 178 valence electrons. The zero-order valence-corrected chi connectivity index (χ0v) is 19.3. The fourth-order valence-corrected chi connectivity index (χ4v) is 4.32. The van der Waals surface area contributed by atoms with Crippen molar-refractivity contribution in [3.63, 3.8) is 0 Å². The fourth-order valence-electron chi connectivity index (χ4n) is 4.32. The monoisotopic (exact) mass is 464 g/mol. The summed E-state index contributed by atoms with van der Waals surface area (Å²) in [6.45, 7) is 5.60. The van der Waals surface area contributed by atoms with Crippen LogP contribution in [0.1, 0.15) is 33.1 Å². The molecule has 2 heterocycles. The van der Waals surface area contributed by atoms with E-state index in [4.69, 9.17) is 9.47 Å². The van der Waals surface area contributed by atoms with Crippen LogP contribution < -0.4 is 0 Å². The number of aryl methyl sites for hydroxylation is 1. The molecule has 0 bridgehead atoms. The highest BCUT2D eigenvalue weighted by molar-refractivity contribution is 6.46. The van der Waals surface area contributed by atoms with Crippen LogP contribution in [0.4, 0.5) is 0 Å². The molecule has 0 saturated carbocycles. The van der Waals surface area contributed by atoms with E-state index in [0.29, 0.717) is 43.0 Å². The van der Waals surface area contributed by atoms with Gasteiger partial charge in [0.1, 0.15) is 5.76 Å². The number of carbonyl (C=O) groups is 3. The van der Waals surface area contributed by atoms with Gasteiger partial charge >= 0.3 is 5.97 Å². The van der Waals surface area contributed by atoms with Crippen LogP contribution in [0.3, 0.4) is 0 Å². The normalized spacial score (nSPS) is 20.5. The minimum absolute atomic E-state index is 0.0432. The Balaban J connectivity index is 1.73. The first-order chi connectivity index (χ1) is 16.4. The van der Waals surface area contributed by atoms with Gasteiger partial charge in [0.25, 0.3) is 11.7 Å². The highest BCUT2D eigenvalue weighted by Gasteiger charge is 2.46. The molecule has 2 aromatic rings. The van der Waals surface area contributed by atoms with Crippen molar-refractivity contribution < 1.29 is 29.0 Å². The van der Waals surface area contributed by atoms with Gasteiger partial charge in [0.2, 0.25) is 0 Å². The van der Waals surface area contributed by atoms with Gasteiger partial charge in [-0.3, -0.25) is 14.5 Å². The van der Waals surface area contributed by atoms with Gasteiger partial charge in [0.15, 0.2) is 0 Å². The maximum absolute atomic E-state index is 13.1. The third kappa shape index (κ3) is 4.73. The van der Waals surface area contributed by atoms with Crippen LogP contribution in [-0.2, 0) is 19.1 Å². The van der Waals surface area contributed by atoms with Crippen molar-refractivity contribution in [2.45, 2.75) is 13.0 Å². The number of hydrogen-bond acceptors (Lipinski definition) is 7. The average Bonchev–Trinajstić information content (AvgIpc) is 3.12. The van der Waals surface area contributed by atoms with Crippen LogP contribution in [0.2, 0.25) is 0 Å². The molecule has 2 aliphatic heterocycles. The Morgan fingerprint density at radius 2 is 1.62 bits per heavy atom. The van der Waals surface area contributed by atoms with Crippen molar-refractivity contribution in [1.29, 1.82) is 0 Å². The van der Waals surface area contributed by atoms with E-state index < -0.39 is 23.7 Å². The van der Waals surface area contributed by atoms with Crippen LogP contribution in [0.25, 0.3) is 5.76 Å². The first-order valence-corrected chi connectivity index (χ1v) is 11.2. The number of benzene rings is 2. The Hall–Kier alpha value is -3.49. The van der Waals surface area contributed by atoms with Crippen molar-refractivity contribution in [3.05, 3.63) is 76.4 Å². The standard InChI is InChI=1S/C26H28N2O6/c1-17-3-5-19(6-4-17)23(29)21-22(18-7-9-20(10-8-18)26(32)33-2)28(25(31)24(21)30)12-11-27-13-15-34-16-14-27/h3-10,22,29H,11-16H2,1-2H3/b23-21+/t22-/m0/s1. The number of aliphatic hydroxyl groups is 1. The molecule has 2 aromatic carbocycles. The van der Waals surface area contributed by atoms with Crippen molar-refractivity contribution in [3.8, 4) is 0 Å². The van der Waals surface area contributed by atoms with Crippen LogP contribution in [0, 0.1) is 6.92 Å². The van der Waals surface area contributed by atoms with E-state index in [-0.39, 0.29) is 11.3 Å². The molecule has 0 aromatic heterocycles. The second-order valence-electron chi connectivity index (χ2n) is 8.43. The molecule has 8 heteroatoms. The molecule has 0 spiro atoms. The van der Waals surface area contributed by atoms with E-state index in [9.17, 15) is 19.5 Å². The molecule has 1 N–H and O–H groups in total. The predicted molar refractivity (Wildman–Crippen MR) is 125 cm³/mol. The summed E-state index contributed by atoms with van der Waals surface area (Å²) in [4.78, 5) is 41.8. The average molecular weight is 465 g/mol. The zero-order valence-electron chi connectivity index (χ0n) is 19.3. The second-order valence-corrected chi connectivity index (χ2v) is 8.43. The molecule has 1 atom stereocenters. The SMILES string of the molecule is COC(=O)c1ccc([C@H]2/C(=C(\O)c3ccc(C)cc3)C(=O)C(=O)N2CCN2CCOCC2)cc1. The molecule has 0 unspecified atom stereocenters. The van der Waals surface area contributed by atoms with E-state index in [1.54, 1.807) is 36.4 Å². The van der Waals surface area contributed by atoms with E-state index in [0.717, 1.165) is 18.7 Å². The zero-order chi connectivity index (χ0) is 24.2. The molecule has 2 aliphatic rings. The predicted octanol–water partition coefficient (Wildman–Crippen LogP) is 2.54. The first kappa shape index (κ1) is 23.7. The fraction of sp³-hybridized carbons (Fsp3) is 0.346. The summed E-state index contributed by atoms with van der Waals surface area (Å²) in [6, 6.07) is 12.9. The molecule has 0 radical (unpaired) electrons. The number of nitrogens with zero attached hydrogens (tertiary/aromatic N) is 2. The highest BCUT2D eigenvalue weighted by Crippen LogP contribution is 2.39.